The van der Waals surface area contributed by atoms with Crippen LogP contribution in [0.3, 0.4) is 0 Å². The Hall–Kier alpha value is -1.59. The number of nitrogens with zero attached hydrogens (tertiary/aromatic N) is 1. The summed E-state index contributed by atoms with van der Waals surface area (Å²) >= 11 is 0. The molecule has 1 aliphatic rings. The van der Waals surface area contributed by atoms with E-state index in [9.17, 15) is 4.79 Å². The van der Waals surface area contributed by atoms with Crippen molar-refractivity contribution in [1.29, 1.82) is 0 Å². The highest BCUT2D eigenvalue weighted by Crippen LogP contribution is 2.24. The Morgan fingerprint density at radius 1 is 1.38 bits per heavy atom. The molecule has 0 spiro atoms. The molecule has 0 radical (unpaired) electrons. The number of amides is 1. The number of para-hydroxylation sites is 1. The fourth-order valence-electron chi connectivity index (χ4n) is 2.35. The lowest BCUT2D eigenvalue weighted by atomic mass is 9.98. The van der Waals surface area contributed by atoms with Crippen molar-refractivity contribution in [1.82, 2.24) is 10.2 Å². The quantitative estimate of drug-likeness (QED) is 0.739. The third-order valence-electron chi connectivity index (χ3n) is 3.59. The average molecular weight is 291 g/mol. The van der Waals surface area contributed by atoms with Crippen LogP contribution < -0.4 is 10.6 Å². The minimum Gasteiger partial charge on any atom is -0.378 e. The van der Waals surface area contributed by atoms with E-state index >= 15 is 0 Å². The van der Waals surface area contributed by atoms with Gasteiger partial charge < -0.3 is 20.3 Å². The van der Waals surface area contributed by atoms with Gasteiger partial charge in [0.2, 0.25) is 5.91 Å². The van der Waals surface area contributed by atoms with Crippen molar-refractivity contribution < 1.29 is 9.53 Å². The fraction of sp³-hybridized carbons (Fsp3) is 0.562. The second-order valence-electron chi connectivity index (χ2n) is 5.60. The van der Waals surface area contributed by atoms with Gasteiger partial charge in [0.1, 0.15) is 6.04 Å². The second-order valence-corrected chi connectivity index (χ2v) is 5.60. The molecule has 2 N–H and O–H groups in total. The first kappa shape index (κ1) is 15.8. The molecule has 2 rings (SSSR count). The standard InChI is InChI=1S/C16H25N3O2/c1-19(2)10-12-21-11-9-17-16(20)15-8-7-13-5-3-4-6-14(13)18-15/h3-6,15,18H,7-12H2,1-2H3,(H,17,20). The number of carbonyl (C=O) groups is 1. The van der Waals surface area contributed by atoms with E-state index in [0.29, 0.717) is 19.8 Å². The highest BCUT2D eigenvalue weighted by molar-refractivity contribution is 5.85. The Kier molecular flexibility index (Phi) is 6.02. The molecule has 1 atom stereocenters. The van der Waals surface area contributed by atoms with Crippen LogP contribution in [-0.4, -0.2) is 57.2 Å². The zero-order valence-electron chi connectivity index (χ0n) is 12.9. The first-order valence-electron chi connectivity index (χ1n) is 7.51. The number of benzene rings is 1. The van der Waals surface area contributed by atoms with Gasteiger partial charge in [-0.05, 0) is 38.6 Å². The summed E-state index contributed by atoms with van der Waals surface area (Å²) in [4.78, 5) is 14.2. The van der Waals surface area contributed by atoms with E-state index in [1.54, 1.807) is 0 Å². The summed E-state index contributed by atoms with van der Waals surface area (Å²) in [7, 11) is 4.02. The molecule has 0 saturated heterocycles. The van der Waals surface area contributed by atoms with E-state index in [2.05, 4.69) is 21.6 Å². The maximum atomic E-state index is 12.1. The summed E-state index contributed by atoms with van der Waals surface area (Å²) in [6.07, 6.45) is 1.78. The molecular formula is C16H25N3O2. The summed E-state index contributed by atoms with van der Waals surface area (Å²) in [6.45, 7) is 2.71. The van der Waals surface area contributed by atoms with Crippen LogP contribution in [0, 0.1) is 0 Å². The average Bonchev–Trinajstić information content (AvgIpc) is 2.49. The maximum absolute atomic E-state index is 12.1. The molecule has 0 aliphatic carbocycles. The second kappa shape index (κ2) is 8.00. The van der Waals surface area contributed by atoms with Gasteiger partial charge in [-0.1, -0.05) is 18.2 Å². The number of carbonyl (C=O) groups excluding carboxylic acids is 1. The van der Waals surface area contributed by atoms with Crippen LogP contribution in [0.25, 0.3) is 0 Å². The summed E-state index contributed by atoms with van der Waals surface area (Å²) in [5, 5.41) is 6.24. The fourth-order valence-corrected chi connectivity index (χ4v) is 2.35. The van der Waals surface area contributed by atoms with Crippen LogP contribution >= 0.6 is 0 Å². The third-order valence-corrected chi connectivity index (χ3v) is 3.59. The first-order valence-corrected chi connectivity index (χ1v) is 7.51. The molecule has 0 bridgehead atoms. The third kappa shape index (κ3) is 5.02. The van der Waals surface area contributed by atoms with Crippen molar-refractivity contribution >= 4 is 11.6 Å². The van der Waals surface area contributed by atoms with Gasteiger partial charge in [0.05, 0.1) is 13.2 Å². The first-order chi connectivity index (χ1) is 10.2. The maximum Gasteiger partial charge on any atom is 0.242 e. The Morgan fingerprint density at radius 3 is 3.00 bits per heavy atom. The van der Waals surface area contributed by atoms with Crippen LogP contribution in [0.4, 0.5) is 5.69 Å². The number of hydrogen-bond donors (Lipinski definition) is 2. The largest absolute Gasteiger partial charge is 0.378 e. The zero-order chi connectivity index (χ0) is 15.1. The van der Waals surface area contributed by atoms with Gasteiger partial charge in [-0.25, -0.2) is 0 Å². The Morgan fingerprint density at radius 2 is 2.19 bits per heavy atom. The molecule has 0 aromatic heterocycles. The van der Waals surface area contributed by atoms with Crippen molar-refractivity contribution in [2.45, 2.75) is 18.9 Å². The minimum absolute atomic E-state index is 0.0562. The molecule has 0 fully saturated rings. The van der Waals surface area contributed by atoms with Crippen molar-refractivity contribution in [3.63, 3.8) is 0 Å². The molecule has 1 aromatic carbocycles. The Balaban J connectivity index is 1.66. The number of anilines is 1. The monoisotopic (exact) mass is 291 g/mol. The molecule has 1 aliphatic heterocycles. The number of nitrogens with one attached hydrogen (secondary N) is 2. The van der Waals surface area contributed by atoms with E-state index in [-0.39, 0.29) is 11.9 Å². The van der Waals surface area contributed by atoms with Crippen LogP contribution in [-0.2, 0) is 16.0 Å². The van der Waals surface area contributed by atoms with Gasteiger partial charge in [0, 0.05) is 18.8 Å². The Bertz CT molecular complexity index is 463. The number of hydrogen-bond acceptors (Lipinski definition) is 4. The number of aryl methyl sites for hydroxylation is 1. The van der Waals surface area contributed by atoms with Crippen LogP contribution in [0.2, 0.25) is 0 Å². The van der Waals surface area contributed by atoms with Crippen molar-refractivity contribution in [2.75, 3.05) is 45.7 Å². The van der Waals surface area contributed by atoms with Gasteiger partial charge in [0.25, 0.3) is 0 Å². The lowest BCUT2D eigenvalue weighted by molar-refractivity contribution is -0.122. The minimum atomic E-state index is -0.137. The van der Waals surface area contributed by atoms with Crippen LogP contribution in [0.15, 0.2) is 24.3 Å². The molecule has 21 heavy (non-hydrogen) atoms. The van der Waals surface area contributed by atoms with Gasteiger partial charge in [0.15, 0.2) is 0 Å². The van der Waals surface area contributed by atoms with E-state index in [4.69, 9.17) is 4.74 Å². The summed E-state index contributed by atoms with van der Waals surface area (Å²) in [5.74, 6) is 0.0562. The summed E-state index contributed by atoms with van der Waals surface area (Å²) in [5.41, 5.74) is 2.36. The number of likely N-dealkylation sites (N-methyl/N-ethyl adjacent to an activating group) is 1. The molecule has 5 nitrogen and oxygen atoms in total. The number of ether oxygens (including phenoxy) is 1. The van der Waals surface area contributed by atoms with Gasteiger partial charge >= 0.3 is 0 Å². The lowest BCUT2D eigenvalue weighted by Crippen LogP contribution is -2.43. The van der Waals surface area contributed by atoms with Crippen molar-refractivity contribution in [2.24, 2.45) is 0 Å². The number of rotatable bonds is 7. The zero-order valence-corrected chi connectivity index (χ0v) is 12.9. The van der Waals surface area contributed by atoms with E-state index in [0.717, 1.165) is 25.1 Å². The van der Waals surface area contributed by atoms with E-state index in [1.807, 2.05) is 32.3 Å². The van der Waals surface area contributed by atoms with E-state index < -0.39 is 0 Å². The topological polar surface area (TPSA) is 53.6 Å². The van der Waals surface area contributed by atoms with Crippen LogP contribution in [0.5, 0.6) is 0 Å². The normalized spacial score (nSPS) is 17.2. The SMILES string of the molecule is CN(C)CCOCCNC(=O)C1CCc2ccccc2N1. The molecule has 1 unspecified atom stereocenters. The van der Waals surface area contributed by atoms with E-state index in [1.165, 1.54) is 5.56 Å². The predicted molar refractivity (Wildman–Crippen MR) is 84.6 cm³/mol. The van der Waals surface area contributed by atoms with Crippen molar-refractivity contribution in [3.05, 3.63) is 29.8 Å². The molecule has 116 valence electrons. The smallest absolute Gasteiger partial charge is 0.242 e. The molecule has 1 amide bonds. The van der Waals surface area contributed by atoms with Crippen LogP contribution in [0.1, 0.15) is 12.0 Å². The summed E-state index contributed by atoms with van der Waals surface area (Å²) in [6, 6.07) is 8.02. The predicted octanol–water partition coefficient (Wildman–Crippen LogP) is 1.11. The van der Waals surface area contributed by atoms with Gasteiger partial charge in [-0.2, -0.15) is 0 Å². The van der Waals surface area contributed by atoms with Gasteiger partial charge in [-0.15, -0.1) is 0 Å². The highest BCUT2D eigenvalue weighted by atomic mass is 16.5. The number of fused-ring (bicyclic) bond motifs is 1. The van der Waals surface area contributed by atoms with Crippen molar-refractivity contribution in [3.8, 4) is 0 Å². The summed E-state index contributed by atoms with van der Waals surface area (Å²) < 4.78 is 5.46. The molecule has 5 heteroatoms. The molecular weight excluding hydrogens is 266 g/mol. The Labute approximate surface area is 126 Å². The molecule has 1 heterocycles. The highest BCUT2D eigenvalue weighted by Gasteiger charge is 2.22. The molecule has 1 aromatic rings. The molecule has 0 saturated carbocycles. The lowest BCUT2D eigenvalue weighted by Gasteiger charge is -2.26. The van der Waals surface area contributed by atoms with Gasteiger partial charge in [-0.3, -0.25) is 4.79 Å².